The largest absolute Gasteiger partial charge is 0.341 e. The number of carbonyl (C=O) groups excluding carboxylic acids is 1. The van der Waals surface area contributed by atoms with Gasteiger partial charge in [-0.3, -0.25) is 10.1 Å². The van der Waals surface area contributed by atoms with E-state index in [9.17, 15) is 4.79 Å². The van der Waals surface area contributed by atoms with Crippen LogP contribution in [-0.2, 0) is 4.79 Å². The number of nitrogens with zero attached hydrogens (tertiary/aromatic N) is 4. The third-order valence-corrected chi connectivity index (χ3v) is 3.98. The second-order valence-electron chi connectivity index (χ2n) is 5.49. The highest BCUT2D eigenvalue weighted by atomic mass is 16.2. The molecule has 0 atom stereocenters. The molecule has 7 nitrogen and oxygen atoms in total. The van der Waals surface area contributed by atoms with Gasteiger partial charge in [-0.2, -0.15) is 0 Å². The summed E-state index contributed by atoms with van der Waals surface area (Å²) in [5, 5.41) is 2.83. The zero-order chi connectivity index (χ0) is 14.7. The molecule has 7 heteroatoms. The van der Waals surface area contributed by atoms with Gasteiger partial charge in [-0.15, -0.1) is 0 Å². The van der Waals surface area contributed by atoms with E-state index in [-0.39, 0.29) is 5.91 Å². The molecule has 2 aromatic rings. The lowest BCUT2D eigenvalue weighted by atomic mass is 9.79. The van der Waals surface area contributed by atoms with E-state index >= 15 is 0 Å². The molecule has 1 saturated heterocycles. The molecule has 1 aliphatic rings. The minimum Gasteiger partial charge on any atom is -0.341 e. The molecule has 110 valence electrons. The number of anilines is 2. The second-order valence-corrected chi connectivity index (χ2v) is 5.49. The predicted molar refractivity (Wildman–Crippen MR) is 78.8 cm³/mol. The summed E-state index contributed by atoms with van der Waals surface area (Å²) in [5.41, 5.74) is -0.391. The van der Waals surface area contributed by atoms with Gasteiger partial charge in [0.15, 0.2) is 0 Å². The van der Waals surface area contributed by atoms with Crippen LogP contribution in [0.2, 0.25) is 0 Å². The molecule has 3 heterocycles. The van der Waals surface area contributed by atoms with Crippen LogP contribution in [0, 0.1) is 5.41 Å². The molecule has 2 N–H and O–H groups in total. The van der Waals surface area contributed by atoms with E-state index in [1.807, 2.05) is 6.92 Å². The lowest BCUT2D eigenvalue weighted by Crippen LogP contribution is -2.45. The minimum absolute atomic E-state index is 0.00563. The van der Waals surface area contributed by atoms with Crippen molar-refractivity contribution in [3.63, 3.8) is 0 Å². The van der Waals surface area contributed by atoms with Crippen LogP contribution in [0.25, 0.3) is 0 Å². The number of aromatic amines is 1. The zero-order valence-electron chi connectivity index (χ0n) is 11.9. The van der Waals surface area contributed by atoms with Crippen molar-refractivity contribution in [1.82, 2.24) is 19.9 Å². The summed E-state index contributed by atoms with van der Waals surface area (Å²) in [7, 11) is 0. The SMILES string of the molecule is CC1(C(=O)Nc2ncc[nH]2)CCN(c2ncccn2)CC1. The van der Waals surface area contributed by atoms with Crippen LogP contribution < -0.4 is 10.2 Å². The molecule has 0 saturated carbocycles. The predicted octanol–water partition coefficient (Wildman–Crippen LogP) is 1.44. The quantitative estimate of drug-likeness (QED) is 0.891. The van der Waals surface area contributed by atoms with Gasteiger partial charge in [-0.1, -0.05) is 6.92 Å². The molecule has 0 bridgehead atoms. The number of hydrogen-bond donors (Lipinski definition) is 2. The van der Waals surface area contributed by atoms with E-state index in [0.717, 1.165) is 31.9 Å². The lowest BCUT2D eigenvalue weighted by Gasteiger charge is -2.37. The molecule has 0 radical (unpaired) electrons. The maximum Gasteiger partial charge on any atom is 0.232 e. The summed E-state index contributed by atoms with van der Waals surface area (Å²) in [6, 6.07) is 1.80. The van der Waals surface area contributed by atoms with Crippen LogP contribution >= 0.6 is 0 Å². The summed E-state index contributed by atoms with van der Waals surface area (Å²) in [5.74, 6) is 1.23. The Bertz CT molecular complexity index is 589. The molecular weight excluding hydrogens is 268 g/mol. The molecule has 0 aliphatic carbocycles. The topological polar surface area (TPSA) is 86.8 Å². The third kappa shape index (κ3) is 2.86. The monoisotopic (exact) mass is 286 g/mol. The summed E-state index contributed by atoms with van der Waals surface area (Å²) in [4.78, 5) is 29.9. The first-order chi connectivity index (χ1) is 10.2. The molecule has 1 amide bonds. The van der Waals surface area contributed by atoms with Gasteiger partial charge in [0.1, 0.15) is 0 Å². The van der Waals surface area contributed by atoms with Crippen LogP contribution in [0.3, 0.4) is 0 Å². The number of amides is 1. The van der Waals surface area contributed by atoms with Gasteiger partial charge in [-0.25, -0.2) is 15.0 Å². The Morgan fingerprint density at radius 3 is 2.57 bits per heavy atom. The van der Waals surface area contributed by atoms with Crippen molar-refractivity contribution in [3.05, 3.63) is 30.9 Å². The van der Waals surface area contributed by atoms with Crippen molar-refractivity contribution in [2.75, 3.05) is 23.3 Å². The average Bonchev–Trinajstić information content (AvgIpc) is 3.02. The summed E-state index contributed by atoms with van der Waals surface area (Å²) in [6.45, 7) is 3.53. The van der Waals surface area contributed by atoms with Gasteiger partial charge in [0.05, 0.1) is 5.41 Å². The molecule has 21 heavy (non-hydrogen) atoms. The third-order valence-electron chi connectivity index (χ3n) is 3.98. The normalized spacial score (nSPS) is 17.5. The van der Waals surface area contributed by atoms with Crippen molar-refractivity contribution in [3.8, 4) is 0 Å². The molecule has 1 aliphatic heterocycles. The van der Waals surface area contributed by atoms with Crippen LogP contribution in [0.4, 0.5) is 11.9 Å². The number of hydrogen-bond acceptors (Lipinski definition) is 5. The molecular formula is C14H18N6O. The number of piperidine rings is 1. The summed E-state index contributed by atoms with van der Waals surface area (Å²) >= 11 is 0. The van der Waals surface area contributed by atoms with Gasteiger partial charge < -0.3 is 9.88 Å². The van der Waals surface area contributed by atoms with E-state index < -0.39 is 5.41 Å². The molecule has 0 spiro atoms. The highest BCUT2D eigenvalue weighted by Gasteiger charge is 2.37. The van der Waals surface area contributed by atoms with Gasteiger partial charge in [0.25, 0.3) is 0 Å². The Hall–Kier alpha value is -2.44. The van der Waals surface area contributed by atoms with E-state index in [4.69, 9.17) is 0 Å². The van der Waals surface area contributed by atoms with E-state index in [1.165, 1.54) is 0 Å². The van der Waals surface area contributed by atoms with Gasteiger partial charge in [0, 0.05) is 37.9 Å². The zero-order valence-corrected chi connectivity index (χ0v) is 11.9. The molecule has 0 aromatic carbocycles. The van der Waals surface area contributed by atoms with Crippen molar-refractivity contribution < 1.29 is 4.79 Å². The highest BCUT2D eigenvalue weighted by molar-refractivity contribution is 5.93. The number of imidazole rings is 1. The first-order valence-electron chi connectivity index (χ1n) is 7.00. The lowest BCUT2D eigenvalue weighted by molar-refractivity contribution is -0.125. The van der Waals surface area contributed by atoms with Crippen LogP contribution in [0.5, 0.6) is 0 Å². The Morgan fingerprint density at radius 2 is 1.95 bits per heavy atom. The average molecular weight is 286 g/mol. The minimum atomic E-state index is -0.391. The summed E-state index contributed by atoms with van der Waals surface area (Å²) < 4.78 is 0. The smallest absolute Gasteiger partial charge is 0.232 e. The first kappa shape index (κ1) is 13.5. The van der Waals surface area contributed by atoms with Crippen LogP contribution in [0.1, 0.15) is 19.8 Å². The fourth-order valence-corrected chi connectivity index (χ4v) is 2.47. The molecule has 2 aromatic heterocycles. The number of rotatable bonds is 3. The van der Waals surface area contributed by atoms with Crippen molar-refractivity contribution in [2.24, 2.45) is 5.41 Å². The number of nitrogens with one attached hydrogen (secondary N) is 2. The number of carbonyl (C=O) groups is 1. The van der Waals surface area contributed by atoms with Gasteiger partial charge in [-0.05, 0) is 18.9 Å². The van der Waals surface area contributed by atoms with Crippen molar-refractivity contribution >= 4 is 17.8 Å². The maximum atomic E-state index is 12.4. The fraction of sp³-hybridized carbons (Fsp3) is 0.429. The van der Waals surface area contributed by atoms with Crippen molar-refractivity contribution in [2.45, 2.75) is 19.8 Å². The van der Waals surface area contributed by atoms with Crippen LogP contribution in [-0.4, -0.2) is 38.9 Å². The maximum absolute atomic E-state index is 12.4. The van der Waals surface area contributed by atoms with E-state index in [0.29, 0.717) is 5.95 Å². The first-order valence-corrected chi connectivity index (χ1v) is 7.00. The highest BCUT2D eigenvalue weighted by Crippen LogP contribution is 2.33. The molecule has 0 unspecified atom stereocenters. The molecule has 3 rings (SSSR count). The van der Waals surface area contributed by atoms with Crippen molar-refractivity contribution in [1.29, 1.82) is 0 Å². The number of H-pyrrole nitrogens is 1. The summed E-state index contributed by atoms with van der Waals surface area (Å²) in [6.07, 6.45) is 8.30. The molecule has 1 fully saturated rings. The standard InChI is InChI=1S/C14H18N6O/c1-14(11(21)19-12-15-7-8-16-12)3-9-20(10-4-14)13-17-5-2-6-18-13/h2,5-8H,3-4,9-10H2,1H3,(H2,15,16,19,21). The number of aromatic nitrogens is 4. The van der Waals surface area contributed by atoms with Gasteiger partial charge >= 0.3 is 0 Å². The van der Waals surface area contributed by atoms with Crippen LogP contribution in [0.15, 0.2) is 30.9 Å². The fourth-order valence-electron chi connectivity index (χ4n) is 2.47. The Kier molecular flexibility index (Phi) is 3.55. The van der Waals surface area contributed by atoms with E-state index in [1.54, 1.807) is 30.9 Å². The van der Waals surface area contributed by atoms with E-state index in [2.05, 4.69) is 30.2 Å². The second kappa shape index (κ2) is 5.51. The Morgan fingerprint density at radius 1 is 1.24 bits per heavy atom. The Balaban J connectivity index is 1.62. The van der Waals surface area contributed by atoms with Gasteiger partial charge in [0.2, 0.25) is 17.8 Å². The Labute approximate surface area is 122 Å².